The molecule has 2 nitrogen and oxygen atoms in total. The third-order valence-electron chi connectivity index (χ3n) is 4.40. The van der Waals surface area contributed by atoms with E-state index < -0.39 is 0 Å². The minimum Gasteiger partial charge on any atom is -0.319 e. The van der Waals surface area contributed by atoms with Gasteiger partial charge in [0, 0.05) is 13.1 Å². The highest BCUT2D eigenvalue weighted by Crippen LogP contribution is 2.29. The van der Waals surface area contributed by atoms with Gasteiger partial charge in [-0.1, -0.05) is 54.6 Å². The van der Waals surface area contributed by atoms with Crippen molar-refractivity contribution in [2.75, 3.05) is 13.1 Å². The van der Waals surface area contributed by atoms with Gasteiger partial charge in [0.2, 0.25) is 0 Å². The summed E-state index contributed by atoms with van der Waals surface area (Å²) in [5.41, 5.74) is 9.89. The first-order valence-electron chi connectivity index (χ1n) is 7.34. The van der Waals surface area contributed by atoms with Gasteiger partial charge in [0.1, 0.15) is 0 Å². The zero-order valence-corrected chi connectivity index (χ0v) is 13.1. The molecule has 0 amide bonds. The molecule has 0 aromatic heterocycles. The quantitative estimate of drug-likeness (QED) is 0.757. The SMILES string of the molecule is Cl.NC1(c2cccc(-c3ccc4ccccc4c3)c2)CNC1. The molecule has 0 saturated carbocycles. The molecule has 0 radical (unpaired) electrons. The number of nitrogens with two attached hydrogens (primary N) is 1. The predicted octanol–water partition coefficient (Wildman–Crippen LogP) is 3.69. The molecular formula is C19H19ClN2. The summed E-state index contributed by atoms with van der Waals surface area (Å²) in [6.45, 7) is 1.71. The van der Waals surface area contributed by atoms with Crippen LogP contribution in [0.2, 0.25) is 0 Å². The largest absolute Gasteiger partial charge is 0.319 e. The number of hydrogen-bond donors (Lipinski definition) is 2. The zero-order chi connectivity index (χ0) is 14.3. The third-order valence-corrected chi connectivity index (χ3v) is 4.40. The summed E-state index contributed by atoms with van der Waals surface area (Å²) in [5, 5.41) is 5.80. The molecular weight excluding hydrogens is 292 g/mol. The van der Waals surface area contributed by atoms with Gasteiger partial charge in [-0.05, 0) is 39.6 Å². The van der Waals surface area contributed by atoms with Crippen LogP contribution >= 0.6 is 12.4 Å². The highest BCUT2D eigenvalue weighted by Gasteiger charge is 2.34. The Balaban J connectivity index is 0.00000144. The van der Waals surface area contributed by atoms with E-state index in [4.69, 9.17) is 5.73 Å². The number of hydrogen-bond acceptors (Lipinski definition) is 2. The van der Waals surface area contributed by atoms with E-state index in [2.05, 4.69) is 72.0 Å². The molecule has 3 aromatic carbocycles. The van der Waals surface area contributed by atoms with E-state index >= 15 is 0 Å². The number of fused-ring (bicyclic) bond motifs is 1. The molecule has 0 unspecified atom stereocenters. The molecule has 0 atom stereocenters. The molecule has 4 rings (SSSR count). The van der Waals surface area contributed by atoms with Crippen LogP contribution < -0.4 is 11.1 Å². The second-order valence-corrected chi connectivity index (χ2v) is 5.90. The Hall–Kier alpha value is -1.87. The van der Waals surface area contributed by atoms with E-state index in [1.807, 2.05) is 0 Å². The van der Waals surface area contributed by atoms with Gasteiger partial charge in [0.15, 0.2) is 0 Å². The van der Waals surface area contributed by atoms with Crippen molar-refractivity contribution in [3.63, 3.8) is 0 Å². The Labute approximate surface area is 136 Å². The van der Waals surface area contributed by atoms with Gasteiger partial charge in [0.05, 0.1) is 5.54 Å². The minimum absolute atomic E-state index is 0. The van der Waals surface area contributed by atoms with Crippen LogP contribution in [0.5, 0.6) is 0 Å². The van der Waals surface area contributed by atoms with Gasteiger partial charge in [0.25, 0.3) is 0 Å². The van der Waals surface area contributed by atoms with Crippen molar-refractivity contribution in [2.24, 2.45) is 5.73 Å². The van der Waals surface area contributed by atoms with Gasteiger partial charge in [-0.25, -0.2) is 0 Å². The Bertz CT molecular complexity index is 809. The van der Waals surface area contributed by atoms with Gasteiger partial charge in [-0.15, -0.1) is 12.4 Å². The molecule has 1 saturated heterocycles. The van der Waals surface area contributed by atoms with Crippen LogP contribution in [0.25, 0.3) is 21.9 Å². The lowest BCUT2D eigenvalue weighted by Crippen LogP contribution is -2.62. The Morgan fingerprint density at radius 3 is 2.23 bits per heavy atom. The Morgan fingerprint density at radius 1 is 0.773 bits per heavy atom. The van der Waals surface area contributed by atoms with E-state index in [1.165, 1.54) is 27.5 Å². The van der Waals surface area contributed by atoms with Crippen molar-refractivity contribution in [2.45, 2.75) is 5.54 Å². The highest BCUT2D eigenvalue weighted by molar-refractivity contribution is 5.87. The number of benzene rings is 3. The third kappa shape index (κ3) is 2.50. The second kappa shape index (κ2) is 5.73. The van der Waals surface area contributed by atoms with E-state index in [1.54, 1.807) is 0 Å². The summed E-state index contributed by atoms with van der Waals surface area (Å²) in [4.78, 5) is 0. The van der Waals surface area contributed by atoms with Crippen molar-refractivity contribution in [1.29, 1.82) is 0 Å². The molecule has 22 heavy (non-hydrogen) atoms. The van der Waals surface area contributed by atoms with E-state index in [0.717, 1.165) is 13.1 Å². The number of nitrogens with one attached hydrogen (secondary N) is 1. The van der Waals surface area contributed by atoms with Crippen molar-refractivity contribution < 1.29 is 0 Å². The molecule has 112 valence electrons. The molecule has 1 heterocycles. The summed E-state index contributed by atoms with van der Waals surface area (Å²) in [6.07, 6.45) is 0. The summed E-state index contributed by atoms with van der Waals surface area (Å²) < 4.78 is 0. The number of rotatable bonds is 2. The van der Waals surface area contributed by atoms with Gasteiger partial charge in [-0.2, -0.15) is 0 Å². The van der Waals surface area contributed by atoms with Crippen molar-refractivity contribution in [3.05, 3.63) is 72.3 Å². The lowest BCUT2D eigenvalue weighted by molar-refractivity contribution is 0.287. The standard InChI is InChI=1S/C19H18N2.ClH/c20-19(12-21-13-19)18-7-3-6-16(11-18)17-9-8-14-4-1-2-5-15(14)10-17;/h1-11,21H,12-13,20H2;1H. The normalized spacial score (nSPS) is 15.9. The summed E-state index contributed by atoms with van der Waals surface area (Å²) in [7, 11) is 0. The fraction of sp³-hybridized carbons (Fsp3) is 0.158. The van der Waals surface area contributed by atoms with Crippen LogP contribution in [0.1, 0.15) is 5.56 Å². The maximum atomic E-state index is 6.40. The summed E-state index contributed by atoms with van der Waals surface area (Å²) in [5.74, 6) is 0. The molecule has 1 aliphatic rings. The first-order valence-corrected chi connectivity index (χ1v) is 7.34. The van der Waals surface area contributed by atoms with Crippen LogP contribution in [0.15, 0.2) is 66.7 Å². The Kier molecular flexibility index (Phi) is 3.92. The smallest absolute Gasteiger partial charge is 0.0662 e. The zero-order valence-electron chi connectivity index (χ0n) is 12.3. The monoisotopic (exact) mass is 310 g/mol. The van der Waals surface area contributed by atoms with Gasteiger partial charge >= 0.3 is 0 Å². The van der Waals surface area contributed by atoms with Gasteiger partial charge < -0.3 is 11.1 Å². The highest BCUT2D eigenvalue weighted by atomic mass is 35.5. The fourth-order valence-corrected chi connectivity index (χ4v) is 2.98. The molecule has 1 fully saturated rings. The van der Waals surface area contributed by atoms with Crippen molar-refractivity contribution in [1.82, 2.24) is 5.32 Å². The molecule has 3 heteroatoms. The van der Waals surface area contributed by atoms with E-state index in [0.29, 0.717) is 0 Å². The van der Waals surface area contributed by atoms with E-state index in [9.17, 15) is 0 Å². The lowest BCUT2D eigenvalue weighted by Gasteiger charge is -2.39. The van der Waals surface area contributed by atoms with Crippen molar-refractivity contribution >= 4 is 23.2 Å². The first kappa shape index (κ1) is 15.0. The average Bonchev–Trinajstić information content (AvgIpc) is 2.52. The van der Waals surface area contributed by atoms with Crippen LogP contribution in [0, 0.1) is 0 Å². The molecule has 0 spiro atoms. The fourth-order valence-electron chi connectivity index (χ4n) is 2.98. The van der Waals surface area contributed by atoms with Crippen LogP contribution in [0.4, 0.5) is 0 Å². The maximum absolute atomic E-state index is 6.40. The van der Waals surface area contributed by atoms with Crippen LogP contribution in [0.3, 0.4) is 0 Å². The van der Waals surface area contributed by atoms with Crippen LogP contribution in [-0.4, -0.2) is 13.1 Å². The van der Waals surface area contributed by atoms with Gasteiger partial charge in [-0.3, -0.25) is 0 Å². The molecule has 3 N–H and O–H groups in total. The van der Waals surface area contributed by atoms with Crippen LogP contribution in [-0.2, 0) is 5.54 Å². The topological polar surface area (TPSA) is 38.0 Å². The van der Waals surface area contributed by atoms with E-state index in [-0.39, 0.29) is 17.9 Å². The summed E-state index contributed by atoms with van der Waals surface area (Å²) in [6, 6.07) is 23.7. The minimum atomic E-state index is -0.202. The second-order valence-electron chi connectivity index (χ2n) is 5.90. The molecule has 1 aliphatic heterocycles. The first-order chi connectivity index (χ1) is 10.2. The molecule has 0 bridgehead atoms. The molecule has 3 aromatic rings. The Morgan fingerprint density at radius 2 is 1.50 bits per heavy atom. The summed E-state index contributed by atoms with van der Waals surface area (Å²) >= 11 is 0. The molecule has 0 aliphatic carbocycles. The number of halogens is 1. The predicted molar refractivity (Wildman–Crippen MR) is 95.4 cm³/mol. The lowest BCUT2D eigenvalue weighted by atomic mass is 9.84. The van der Waals surface area contributed by atoms with Crippen molar-refractivity contribution in [3.8, 4) is 11.1 Å². The maximum Gasteiger partial charge on any atom is 0.0662 e. The average molecular weight is 311 g/mol.